The van der Waals surface area contributed by atoms with E-state index in [4.69, 9.17) is 5.73 Å². The van der Waals surface area contributed by atoms with Crippen LogP contribution in [0.25, 0.3) is 0 Å². The van der Waals surface area contributed by atoms with Gasteiger partial charge >= 0.3 is 0 Å². The van der Waals surface area contributed by atoms with E-state index in [0.717, 1.165) is 8.95 Å². The summed E-state index contributed by atoms with van der Waals surface area (Å²) in [6.07, 6.45) is 1.53. The fourth-order valence-corrected chi connectivity index (χ4v) is 2.59. The minimum atomic E-state index is -0.347. The molecule has 0 spiro atoms. The molecule has 0 unspecified atom stereocenters. The van der Waals surface area contributed by atoms with Crippen molar-refractivity contribution in [2.24, 2.45) is 0 Å². The average Bonchev–Trinajstić information content (AvgIpc) is 2.34. The molecule has 0 atom stereocenters. The number of carbonyl (C=O) groups excluding carboxylic acids is 1. The first-order chi connectivity index (χ1) is 8.59. The summed E-state index contributed by atoms with van der Waals surface area (Å²) >= 11 is 6.74. The smallest absolute Gasteiger partial charge is 0.276 e. The van der Waals surface area contributed by atoms with Gasteiger partial charge in [0.15, 0.2) is 5.69 Å². The van der Waals surface area contributed by atoms with E-state index in [1.165, 1.54) is 6.20 Å². The third kappa shape index (κ3) is 2.70. The standard InChI is InChI=1S/C12H9Br2N3O/c13-7-3-1-4-8(14)10(7)17-12(18)11-9(15)5-2-6-16-11/h1-6H,15H2,(H,17,18). The van der Waals surface area contributed by atoms with E-state index in [2.05, 4.69) is 42.2 Å². The highest BCUT2D eigenvalue weighted by Crippen LogP contribution is 2.31. The number of nitrogens with zero attached hydrogens (tertiary/aromatic N) is 1. The first-order valence-corrected chi connectivity index (χ1v) is 6.64. The number of anilines is 2. The van der Waals surface area contributed by atoms with Gasteiger partial charge in [-0.15, -0.1) is 0 Å². The largest absolute Gasteiger partial charge is 0.397 e. The zero-order valence-corrected chi connectivity index (χ0v) is 12.3. The second kappa shape index (κ2) is 5.49. The van der Waals surface area contributed by atoms with Crippen molar-refractivity contribution in [1.82, 2.24) is 4.98 Å². The molecule has 0 saturated heterocycles. The predicted molar refractivity (Wildman–Crippen MR) is 78.4 cm³/mol. The average molecular weight is 371 g/mol. The molecule has 6 heteroatoms. The van der Waals surface area contributed by atoms with Crippen molar-refractivity contribution in [1.29, 1.82) is 0 Å². The summed E-state index contributed by atoms with van der Waals surface area (Å²) in [6.45, 7) is 0. The van der Waals surface area contributed by atoms with Crippen LogP contribution in [0.2, 0.25) is 0 Å². The summed E-state index contributed by atoms with van der Waals surface area (Å²) in [5.41, 5.74) is 6.90. The van der Waals surface area contributed by atoms with Crippen molar-refractivity contribution in [3.63, 3.8) is 0 Å². The zero-order valence-electron chi connectivity index (χ0n) is 9.15. The van der Waals surface area contributed by atoms with Crippen LogP contribution >= 0.6 is 31.9 Å². The van der Waals surface area contributed by atoms with Crippen LogP contribution in [-0.4, -0.2) is 10.9 Å². The van der Waals surface area contributed by atoms with Gasteiger partial charge in [-0.3, -0.25) is 4.79 Å². The van der Waals surface area contributed by atoms with Gasteiger partial charge in [-0.2, -0.15) is 0 Å². The summed E-state index contributed by atoms with van der Waals surface area (Å²) in [6, 6.07) is 8.85. The number of nitrogen functional groups attached to an aromatic ring is 1. The number of rotatable bonds is 2. The van der Waals surface area contributed by atoms with Crippen molar-refractivity contribution in [2.75, 3.05) is 11.1 Å². The van der Waals surface area contributed by atoms with Gasteiger partial charge in [-0.1, -0.05) is 6.07 Å². The molecule has 1 aromatic heterocycles. The number of aromatic nitrogens is 1. The number of benzene rings is 1. The van der Waals surface area contributed by atoms with Crippen LogP contribution in [0.4, 0.5) is 11.4 Å². The maximum absolute atomic E-state index is 12.0. The van der Waals surface area contributed by atoms with Crippen LogP contribution in [0, 0.1) is 0 Å². The zero-order chi connectivity index (χ0) is 13.1. The van der Waals surface area contributed by atoms with E-state index in [1.807, 2.05) is 18.2 Å². The Labute approximate surface area is 121 Å². The van der Waals surface area contributed by atoms with E-state index in [0.29, 0.717) is 11.4 Å². The van der Waals surface area contributed by atoms with E-state index < -0.39 is 0 Å². The molecule has 1 heterocycles. The highest BCUT2D eigenvalue weighted by atomic mass is 79.9. The van der Waals surface area contributed by atoms with Gasteiger partial charge in [-0.05, 0) is 56.1 Å². The van der Waals surface area contributed by atoms with Crippen LogP contribution in [0.3, 0.4) is 0 Å². The lowest BCUT2D eigenvalue weighted by Gasteiger charge is -2.10. The Morgan fingerprint density at radius 1 is 1.17 bits per heavy atom. The number of halogens is 2. The van der Waals surface area contributed by atoms with Crippen molar-refractivity contribution < 1.29 is 4.79 Å². The Hall–Kier alpha value is -1.40. The van der Waals surface area contributed by atoms with Crippen molar-refractivity contribution in [2.45, 2.75) is 0 Å². The second-order valence-electron chi connectivity index (χ2n) is 3.49. The number of hydrogen-bond donors (Lipinski definition) is 2. The number of para-hydroxylation sites is 1. The Balaban J connectivity index is 2.30. The van der Waals surface area contributed by atoms with Gasteiger partial charge in [0.1, 0.15) is 0 Å². The summed E-state index contributed by atoms with van der Waals surface area (Å²) in [4.78, 5) is 16.0. The fraction of sp³-hybridized carbons (Fsp3) is 0. The molecule has 92 valence electrons. The molecule has 0 bridgehead atoms. The Morgan fingerprint density at radius 3 is 2.44 bits per heavy atom. The Bertz CT molecular complexity index is 581. The van der Waals surface area contributed by atoms with Gasteiger partial charge in [-0.25, -0.2) is 4.98 Å². The van der Waals surface area contributed by atoms with Crippen molar-refractivity contribution in [3.8, 4) is 0 Å². The topological polar surface area (TPSA) is 68.0 Å². The van der Waals surface area contributed by atoms with Gasteiger partial charge in [0.05, 0.1) is 11.4 Å². The molecule has 4 nitrogen and oxygen atoms in total. The lowest BCUT2D eigenvalue weighted by atomic mass is 10.2. The summed E-state index contributed by atoms with van der Waals surface area (Å²) < 4.78 is 1.56. The van der Waals surface area contributed by atoms with Crippen LogP contribution in [-0.2, 0) is 0 Å². The molecule has 0 radical (unpaired) electrons. The highest BCUT2D eigenvalue weighted by molar-refractivity contribution is 9.11. The van der Waals surface area contributed by atoms with E-state index in [9.17, 15) is 4.79 Å². The monoisotopic (exact) mass is 369 g/mol. The third-order valence-corrected chi connectivity index (χ3v) is 3.58. The predicted octanol–water partition coefficient (Wildman–Crippen LogP) is 3.44. The lowest BCUT2D eigenvalue weighted by Crippen LogP contribution is -2.16. The number of nitrogens with one attached hydrogen (secondary N) is 1. The van der Waals surface area contributed by atoms with Gasteiger partial charge in [0.2, 0.25) is 0 Å². The maximum atomic E-state index is 12.0. The van der Waals surface area contributed by atoms with E-state index >= 15 is 0 Å². The van der Waals surface area contributed by atoms with Gasteiger partial charge in [0, 0.05) is 15.1 Å². The number of amides is 1. The molecule has 0 aliphatic rings. The van der Waals surface area contributed by atoms with Crippen LogP contribution < -0.4 is 11.1 Å². The molecule has 3 N–H and O–H groups in total. The molecular weight excluding hydrogens is 362 g/mol. The Morgan fingerprint density at radius 2 is 1.83 bits per heavy atom. The normalized spacial score (nSPS) is 10.1. The molecule has 1 amide bonds. The Kier molecular flexibility index (Phi) is 3.98. The molecule has 0 saturated carbocycles. The minimum Gasteiger partial charge on any atom is -0.397 e. The molecule has 0 aliphatic carbocycles. The molecular formula is C12H9Br2N3O. The van der Waals surface area contributed by atoms with Crippen molar-refractivity contribution >= 4 is 49.1 Å². The van der Waals surface area contributed by atoms with Gasteiger partial charge in [0.25, 0.3) is 5.91 Å². The summed E-state index contributed by atoms with van der Waals surface area (Å²) in [7, 11) is 0. The molecule has 0 fully saturated rings. The molecule has 2 rings (SSSR count). The molecule has 18 heavy (non-hydrogen) atoms. The quantitative estimate of drug-likeness (QED) is 0.850. The van der Waals surface area contributed by atoms with E-state index in [-0.39, 0.29) is 11.6 Å². The first kappa shape index (κ1) is 13.0. The van der Waals surface area contributed by atoms with Gasteiger partial charge < -0.3 is 11.1 Å². The number of carbonyl (C=O) groups is 1. The number of nitrogens with two attached hydrogens (primary N) is 1. The lowest BCUT2D eigenvalue weighted by molar-refractivity contribution is 0.102. The molecule has 1 aromatic carbocycles. The number of pyridine rings is 1. The van der Waals surface area contributed by atoms with Crippen LogP contribution in [0.1, 0.15) is 10.5 Å². The molecule has 2 aromatic rings. The SMILES string of the molecule is Nc1cccnc1C(=O)Nc1c(Br)cccc1Br. The summed E-state index contributed by atoms with van der Waals surface area (Å²) in [5.74, 6) is -0.347. The van der Waals surface area contributed by atoms with Crippen molar-refractivity contribution in [3.05, 3.63) is 51.2 Å². The first-order valence-electron chi connectivity index (χ1n) is 5.05. The minimum absolute atomic E-state index is 0.208. The third-order valence-electron chi connectivity index (χ3n) is 2.26. The maximum Gasteiger partial charge on any atom is 0.276 e. The number of hydrogen-bond acceptors (Lipinski definition) is 3. The van der Waals surface area contributed by atoms with Crippen LogP contribution in [0.15, 0.2) is 45.5 Å². The fourth-order valence-electron chi connectivity index (χ4n) is 1.40. The second-order valence-corrected chi connectivity index (χ2v) is 5.20. The van der Waals surface area contributed by atoms with E-state index in [1.54, 1.807) is 12.1 Å². The molecule has 0 aliphatic heterocycles. The summed E-state index contributed by atoms with van der Waals surface area (Å²) in [5, 5.41) is 2.76. The highest BCUT2D eigenvalue weighted by Gasteiger charge is 2.14. The van der Waals surface area contributed by atoms with Crippen LogP contribution in [0.5, 0.6) is 0 Å².